The van der Waals surface area contributed by atoms with Gasteiger partial charge < -0.3 is 4.90 Å². The van der Waals surface area contributed by atoms with E-state index in [4.69, 9.17) is 5.84 Å². The van der Waals surface area contributed by atoms with Gasteiger partial charge in [-0.25, -0.2) is 0 Å². The predicted octanol–water partition coefficient (Wildman–Crippen LogP) is -0.644. The topological polar surface area (TPSA) is 59.1 Å². The highest BCUT2D eigenvalue weighted by molar-refractivity contribution is 5.01. The van der Waals surface area contributed by atoms with Crippen LogP contribution in [-0.2, 0) is 13.5 Å². The summed E-state index contributed by atoms with van der Waals surface area (Å²) in [5.41, 5.74) is 3.87. The van der Waals surface area contributed by atoms with Crippen LogP contribution in [0.25, 0.3) is 0 Å². The van der Waals surface area contributed by atoms with E-state index in [1.54, 1.807) is 4.68 Å². The molecule has 5 nitrogen and oxygen atoms in total. The van der Waals surface area contributed by atoms with E-state index < -0.39 is 0 Å². The molecular weight excluding hydrogens is 178 g/mol. The Morgan fingerprint density at radius 1 is 1.64 bits per heavy atom. The summed E-state index contributed by atoms with van der Waals surface area (Å²) in [4.78, 5) is 2.10. The number of nitrogens with one attached hydrogen (secondary N) is 1. The fourth-order valence-electron chi connectivity index (χ4n) is 1.44. The first-order valence-electron chi connectivity index (χ1n) is 4.71. The molecule has 0 amide bonds. The van der Waals surface area contributed by atoms with E-state index in [9.17, 15) is 0 Å². The highest BCUT2D eigenvalue weighted by Gasteiger charge is 2.10. The minimum absolute atomic E-state index is 0.250. The standard InChI is InChI=1S/C9H19N5/c1-13(2)7-9(11-10)6-8-4-5-14(3)12-8/h4-5,9,11H,6-7,10H2,1-3H3. The van der Waals surface area contributed by atoms with Gasteiger partial charge in [-0.15, -0.1) is 0 Å². The normalized spacial score (nSPS) is 13.5. The molecular formula is C9H19N5. The van der Waals surface area contributed by atoms with Crippen molar-refractivity contribution < 1.29 is 0 Å². The maximum Gasteiger partial charge on any atom is 0.0641 e. The lowest BCUT2D eigenvalue weighted by Gasteiger charge is -2.19. The zero-order valence-electron chi connectivity index (χ0n) is 9.07. The summed E-state index contributed by atoms with van der Waals surface area (Å²) in [5, 5.41) is 4.31. The van der Waals surface area contributed by atoms with E-state index in [1.807, 2.05) is 33.4 Å². The molecule has 80 valence electrons. The van der Waals surface area contributed by atoms with Crippen LogP contribution in [0.15, 0.2) is 12.3 Å². The van der Waals surface area contributed by atoms with Gasteiger partial charge in [0.25, 0.3) is 0 Å². The largest absolute Gasteiger partial charge is 0.308 e. The van der Waals surface area contributed by atoms with Crippen molar-refractivity contribution in [2.75, 3.05) is 20.6 Å². The van der Waals surface area contributed by atoms with Crippen LogP contribution in [0.5, 0.6) is 0 Å². The van der Waals surface area contributed by atoms with Crippen LogP contribution in [0.1, 0.15) is 5.69 Å². The van der Waals surface area contributed by atoms with Crippen molar-refractivity contribution in [1.29, 1.82) is 0 Å². The number of hydrazine groups is 1. The fourth-order valence-corrected chi connectivity index (χ4v) is 1.44. The second-order valence-corrected chi connectivity index (χ2v) is 3.81. The van der Waals surface area contributed by atoms with Crippen LogP contribution in [-0.4, -0.2) is 41.4 Å². The Morgan fingerprint density at radius 2 is 2.36 bits per heavy atom. The van der Waals surface area contributed by atoms with Crippen LogP contribution >= 0.6 is 0 Å². The third-order valence-electron chi connectivity index (χ3n) is 2.05. The average molecular weight is 197 g/mol. The molecule has 1 heterocycles. The van der Waals surface area contributed by atoms with Gasteiger partial charge in [0.05, 0.1) is 5.69 Å². The number of rotatable bonds is 5. The van der Waals surface area contributed by atoms with Gasteiger partial charge in [-0.3, -0.25) is 16.0 Å². The van der Waals surface area contributed by atoms with Gasteiger partial charge in [0.1, 0.15) is 0 Å². The summed E-state index contributed by atoms with van der Waals surface area (Å²) in [6.45, 7) is 0.910. The first kappa shape index (κ1) is 11.2. The number of hydrogen-bond donors (Lipinski definition) is 2. The van der Waals surface area contributed by atoms with Crippen LogP contribution in [0.2, 0.25) is 0 Å². The molecule has 0 aliphatic carbocycles. The van der Waals surface area contributed by atoms with E-state index >= 15 is 0 Å². The highest BCUT2D eigenvalue weighted by atomic mass is 15.3. The van der Waals surface area contributed by atoms with Gasteiger partial charge in [0, 0.05) is 32.3 Å². The van der Waals surface area contributed by atoms with Gasteiger partial charge in [0.2, 0.25) is 0 Å². The predicted molar refractivity (Wildman–Crippen MR) is 56.6 cm³/mol. The van der Waals surface area contributed by atoms with Gasteiger partial charge in [-0.2, -0.15) is 5.10 Å². The van der Waals surface area contributed by atoms with Crippen molar-refractivity contribution in [1.82, 2.24) is 20.1 Å². The van der Waals surface area contributed by atoms with Crippen molar-refractivity contribution >= 4 is 0 Å². The maximum absolute atomic E-state index is 5.46. The molecule has 0 saturated carbocycles. The van der Waals surface area contributed by atoms with Crippen LogP contribution in [0, 0.1) is 0 Å². The molecule has 0 aliphatic rings. The fraction of sp³-hybridized carbons (Fsp3) is 0.667. The SMILES string of the molecule is CN(C)CC(Cc1ccn(C)n1)NN. The lowest BCUT2D eigenvalue weighted by atomic mass is 10.1. The minimum Gasteiger partial charge on any atom is -0.308 e. The van der Waals surface area contributed by atoms with Gasteiger partial charge in [0.15, 0.2) is 0 Å². The number of likely N-dealkylation sites (N-methyl/N-ethyl adjacent to an activating group) is 1. The average Bonchev–Trinajstić information content (AvgIpc) is 2.49. The Kier molecular flexibility index (Phi) is 4.06. The zero-order chi connectivity index (χ0) is 10.6. The molecule has 5 heteroatoms. The molecule has 0 radical (unpaired) electrons. The van der Waals surface area contributed by atoms with Crippen LogP contribution in [0.3, 0.4) is 0 Å². The number of hydrogen-bond acceptors (Lipinski definition) is 4. The molecule has 0 aromatic carbocycles. The van der Waals surface area contributed by atoms with Crippen LogP contribution < -0.4 is 11.3 Å². The molecule has 0 fully saturated rings. The molecule has 1 unspecified atom stereocenters. The third kappa shape index (κ3) is 3.45. The Balaban J connectivity index is 2.48. The molecule has 1 aromatic heterocycles. The van der Waals surface area contributed by atoms with Gasteiger partial charge in [-0.1, -0.05) is 0 Å². The lowest BCUT2D eigenvalue weighted by molar-refractivity contribution is 0.336. The van der Waals surface area contributed by atoms with E-state index in [0.29, 0.717) is 0 Å². The molecule has 14 heavy (non-hydrogen) atoms. The summed E-state index contributed by atoms with van der Waals surface area (Å²) in [6.07, 6.45) is 2.80. The summed E-state index contributed by atoms with van der Waals surface area (Å²) >= 11 is 0. The Bertz CT molecular complexity index is 268. The summed E-state index contributed by atoms with van der Waals surface area (Å²) < 4.78 is 1.80. The Morgan fingerprint density at radius 3 is 2.79 bits per heavy atom. The minimum atomic E-state index is 0.250. The zero-order valence-corrected chi connectivity index (χ0v) is 9.07. The van der Waals surface area contributed by atoms with Crippen molar-refractivity contribution in [2.45, 2.75) is 12.5 Å². The quantitative estimate of drug-likeness (QED) is 0.487. The van der Waals surface area contributed by atoms with E-state index in [1.165, 1.54) is 0 Å². The second kappa shape index (κ2) is 5.09. The number of nitrogens with two attached hydrogens (primary N) is 1. The Labute approximate surface area is 84.8 Å². The van der Waals surface area contributed by atoms with E-state index in [0.717, 1.165) is 18.7 Å². The first-order chi connectivity index (χ1) is 6.61. The van der Waals surface area contributed by atoms with Gasteiger partial charge >= 0.3 is 0 Å². The maximum atomic E-state index is 5.46. The summed E-state index contributed by atoms with van der Waals surface area (Å²) in [7, 11) is 5.98. The van der Waals surface area contributed by atoms with E-state index in [2.05, 4.69) is 15.4 Å². The van der Waals surface area contributed by atoms with E-state index in [-0.39, 0.29) is 6.04 Å². The molecule has 0 saturated heterocycles. The van der Waals surface area contributed by atoms with Crippen molar-refractivity contribution in [3.8, 4) is 0 Å². The second-order valence-electron chi connectivity index (χ2n) is 3.81. The van der Waals surface area contributed by atoms with Gasteiger partial charge in [-0.05, 0) is 20.2 Å². The highest BCUT2D eigenvalue weighted by Crippen LogP contribution is 2.00. The molecule has 1 aromatic rings. The third-order valence-corrected chi connectivity index (χ3v) is 2.05. The molecule has 0 spiro atoms. The lowest BCUT2D eigenvalue weighted by Crippen LogP contribution is -2.43. The molecule has 0 bridgehead atoms. The monoisotopic (exact) mass is 197 g/mol. The molecule has 1 rings (SSSR count). The Hall–Kier alpha value is -0.910. The summed E-state index contributed by atoms with van der Waals surface area (Å²) in [5.74, 6) is 5.46. The van der Waals surface area contributed by atoms with Crippen LogP contribution in [0.4, 0.5) is 0 Å². The molecule has 3 N–H and O–H groups in total. The van der Waals surface area contributed by atoms with Crippen molar-refractivity contribution in [3.05, 3.63) is 18.0 Å². The smallest absolute Gasteiger partial charge is 0.0641 e. The summed E-state index contributed by atoms with van der Waals surface area (Å²) in [6, 6.07) is 2.26. The first-order valence-corrected chi connectivity index (χ1v) is 4.71. The molecule has 0 aliphatic heterocycles. The number of aryl methyl sites for hydroxylation is 1. The van der Waals surface area contributed by atoms with Crippen molar-refractivity contribution in [3.63, 3.8) is 0 Å². The molecule has 1 atom stereocenters. The van der Waals surface area contributed by atoms with Crippen molar-refractivity contribution in [2.24, 2.45) is 12.9 Å². The number of aromatic nitrogens is 2. The number of nitrogens with zero attached hydrogens (tertiary/aromatic N) is 3.